The van der Waals surface area contributed by atoms with Gasteiger partial charge in [-0.25, -0.2) is 15.3 Å². The van der Waals surface area contributed by atoms with Crippen LogP contribution in [0.1, 0.15) is 13.3 Å². The van der Waals surface area contributed by atoms with E-state index in [-0.39, 0.29) is 6.42 Å². The van der Waals surface area contributed by atoms with Gasteiger partial charge in [-0.1, -0.05) is 6.92 Å². The quantitative estimate of drug-likeness (QED) is 0.528. The van der Waals surface area contributed by atoms with E-state index < -0.39 is 17.5 Å². The Balaban J connectivity index is 4.55. The highest BCUT2D eigenvalue weighted by atomic mass is 16.4. The maximum absolute atomic E-state index is 10.1. The van der Waals surface area contributed by atoms with Crippen molar-refractivity contribution in [1.29, 1.82) is 0 Å². The van der Waals surface area contributed by atoms with Gasteiger partial charge in [0.15, 0.2) is 0 Å². The van der Waals surface area contributed by atoms with Crippen LogP contribution in [0.3, 0.4) is 0 Å². The number of carboxylic acids is 2. The van der Waals surface area contributed by atoms with Gasteiger partial charge in [-0.3, -0.25) is 0 Å². The minimum atomic E-state index is -2.37. The summed E-state index contributed by atoms with van der Waals surface area (Å²) in [4.78, 5) is 20.3. The van der Waals surface area contributed by atoms with Gasteiger partial charge >= 0.3 is 11.9 Å². The Labute approximate surface area is 57.5 Å². The zero-order chi connectivity index (χ0) is 8.36. The molecule has 0 aromatic carbocycles. The lowest BCUT2D eigenvalue weighted by atomic mass is 9.99. The molecule has 0 unspecified atom stereocenters. The van der Waals surface area contributed by atoms with Crippen LogP contribution in [0.2, 0.25) is 0 Å². The summed E-state index contributed by atoms with van der Waals surface area (Å²) in [6.07, 6.45) is -0.238. The largest absolute Gasteiger partial charge is 0.479 e. The van der Waals surface area contributed by atoms with E-state index in [2.05, 4.69) is 0 Å². The summed E-state index contributed by atoms with van der Waals surface area (Å²) < 4.78 is 0. The van der Waals surface area contributed by atoms with Crippen molar-refractivity contribution in [2.75, 3.05) is 0 Å². The minimum Gasteiger partial charge on any atom is -0.479 e. The Morgan fingerprint density at radius 3 is 1.70 bits per heavy atom. The highest BCUT2D eigenvalue weighted by Crippen LogP contribution is 2.08. The molecule has 0 fully saturated rings. The molecule has 5 nitrogen and oxygen atoms in total. The summed E-state index contributed by atoms with van der Waals surface area (Å²) in [6.45, 7) is 1.34. The van der Waals surface area contributed by atoms with Gasteiger partial charge in [-0.2, -0.15) is 0 Å². The van der Waals surface area contributed by atoms with Crippen LogP contribution < -0.4 is 5.73 Å². The SMILES string of the molecule is CCC([NH])(C(=O)O)C(=O)O. The molecule has 5 heteroatoms. The monoisotopic (exact) mass is 146 g/mol. The highest BCUT2D eigenvalue weighted by Gasteiger charge is 2.41. The number of carbonyl (C=O) groups is 2. The topological polar surface area (TPSA) is 98.4 Å². The standard InChI is InChI=1S/C5H8NO4/c1-2-5(6,3(7)8)4(9)10/h6H,2H2,1H3,(H,7,8)(H,9,10). The smallest absolute Gasteiger partial charge is 0.336 e. The van der Waals surface area contributed by atoms with Crippen molar-refractivity contribution in [2.45, 2.75) is 18.9 Å². The van der Waals surface area contributed by atoms with Crippen molar-refractivity contribution in [1.82, 2.24) is 5.73 Å². The molecule has 0 saturated carbocycles. The van der Waals surface area contributed by atoms with E-state index in [9.17, 15) is 9.59 Å². The highest BCUT2D eigenvalue weighted by molar-refractivity contribution is 6.02. The maximum Gasteiger partial charge on any atom is 0.336 e. The van der Waals surface area contributed by atoms with Crippen LogP contribution in [0.5, 0.6) is 0 Å². The molecular weight excluding hydrogens is 138 g/mol. The van der Waals surface area contributed by atoms with E-state index >= 15 is 0 Å². The third-order valence-corrected chi connectivity index (χ3v) is 1.26. The number of aliphatic carboxylic acids is 2. The van der Waals surface area contributed by atoms with Gasteiger partial charge in [0.25, 0.3) is 0 Å². The van der Waals surface area contributed by atoms with Gasteiger partial charge < -0.3 is 10.2 Å². The van der Waals surface area contributed by atoms with E-state index in [1.807, 2.05) is 0 Å². The second kappa shape index (κ2) is 2.66. The number of nitrogens with one attached hydrogen (secondary N) is 1. The molecule has 0 amide bonds. The number of carboxylic acid groups (broad SMARTS) is 2. The van der Waals surface area contributed by atoms with E-state index in [4.69, 9.17) is 15.9 Å². The summed E-state index contributed by atoms with van der Waals surface area (Å²) in [5, 5.41) is 16.5. The fourth-order valence-corrected chi connectivity index (χ4v) is 0.394. The van der Waals surface area contributed by atoms with Crippen LogP contribution >= 0.6 is 0 Å². The lowest BCUT2D eigenvalue weighted by Gasteiger charge is -2.14. The molecule has 0 saturated heterocycles. The van der Waals surface area contributed by atoms with Crippen molar-refractivity contribution in [2.24, 2.45) is 0 Å². The Morgan fingerprint density at radius 2 is 1.70 bits per heavy atom. The van der Waals surface area contributed by atoms with Crippen molar-refractivity contribution in [3.05, 3.63) is 0 Å². The molecular formula is C5H8NO4. The van der Waals surface area contributed by atoms with Gasteiger partial charge in [0, 0.05) is 0 Å². The first-order valence-electron chi connectivity index (χ1n) is 2.67. The molecule has 1 radical (unpaired) electrons. The molecule has 0 spiro atoms. The van der Waals surface area contributed by atoms with Crippen molar-refractivity contribution < 1.29 is 19.8 Å². The Kier molecular flexibility index (Phi) is 2.36. The van der Waals surface area contributed by atoms with Crippen LogP contribution in [0.15, 0.2) is 0 Å². The molecule has 0 aliphatic rings. The zero-order valence-corrected chi connectivity index (χ0v) is 5.42. The van der Waals surface area contributed by atoms with Crippen LogP contribution in [-0.4, -0.2) is 27.7 Å². The zero-order valence-electron chi connectivity index (χ0n) is 5.42. The Hall–Kier alpha value is -1.10. The van der Waals surface area contributed by atoms with Crippen LogP contribution in [0.25, 0.3) is 0 Å². The first kappa shape index (κ1) is 8.90. The average Bonchev–Trinajstić information content (AvgIpc) is 1.85. The first-order valence-corrected chi connectivity index (χ1v) is 2.67. The van der Waals surface area contributed by atoms with Gasteiger partial charge in [0.2, 0.25) is 5.54 Å². The lowest BCUT2D eigenvalue weighted by Crippen LogP contribution is -2.47. The molecule has 0 bridgehead atoms. The van der Waals surface area contributed by atoms with E-state index in [0.29, 0.717) is 0 Å². The molecule has 0 aromatic rings. The molecule has 0 rings (SSSR count). The average molecular weight is 146 g/mol. The summed E-state index contributed by atoms with van der Waals surface area (Å²) in [7, 11) is 0. The Morgan fingerprint density at radius 1 is 1.40 bits per heavy atom. The summed E-state index contributed by atoms with van der Waals surface area (Å²) in [5.41, 5.74) is 4.50. The lowest BCUT2D eigenvalue weighted by molar-refractivity contribution is -0.157. The summed E-state index contributed by atoms with van der Waals surface area (Å²) in [6, 6.07) is 0. The van der Waals surface area contributed by atoms with Crippen molar-refractivity contribution >= 4 is 11.9 Å². The summed E-state index contributed by atoms with van der Waals surface area (Å²) in [5.74, 6) is -3.25. The van der Waals surface area contributed by atoms with Gasteiger partial charge in [-0.15, -0.1) is 0 Å². The molecule has 0 atom stereocenters. The normalized spacial score (nSPS) is 11.0. The molecule has 0 aromatic heterocycles. The van der Waals surface area contributed by atoms with Gasteiger partial charge in [-0.05, 0) is 6.42 Å². The number of rotatable bonds is 3. The van der Waals surface area contributed by atoms with Crippen LogP contribution in [-0.2, 0) is 9.59 Å². The summed E-state index contributed by atoms with van der Waals surface area (Å²) >= 11 is 0. The molecule has 0 aliphatic carbocycles. The second-order valence-corrected chi connectivity index (χ2v) is 1.87. The third-order valence-electron chi connectivity index (χ3n) is 1.26. The molecule has 3 N–H and O–H groups in total. The second-order valence-electron chi connectivity index (χ2n) is 1.87. The van der Waals surface area contributed by atoms with Crippen molar-refractivity contribution in [3.8, 4) is 0 Å². The predicted octanol–water partition coefficient (Wildman–Crippen LogP) is -0.413. The Bertz CT molecular complexity index is 151. The van der Waals surface area contributed by atoms with E-state index in [1.54, 1.807) is 0 Å². The van der Waals surface area contributed by atoms with E-state index in [1.165, 1.54) is 6.92 Å². The van der Waals surface area contributed by atoms with Crippen LogP contribution in [0, 0.1) is 0 Å². The molecule has 10 heavy (non-hydrogen) atoms. The van der Waals surface area contributed by atoms with E-state index in [0.717, 1.165) is 0 Å². The molecule has 0 heterocycles. The third kappa shape index (κ3) is 1.24. The van der Waals surface area contributed by atoms with Crippen LogP contribution in [0.4, 0.5) is 0 Å². The van der Waals surface area contributed by atoms with Crippen molar-refractivity contribution in [3.63, 3.8) is 0 Å². The maximum atomic E-state index is 10.1. The fraction of sp³-hybridized carbons (Fsp3) is 0.600. The van der Waals surface area contributed by atoms with Gasteiger partial charge in [0.05, 0.1) is 0 Å². The predicted molar refractivity (Wildman–Crippen MR) is 31.4 cm³/mol. The first-order chi connectivity index (χ1) is 4.45. The molecule has 57 valence electrons. The number of hydrogen-bond acceptors (Lipinski definition) is 2. The molecule has 0 aliphatic heterocycles. The number of hydrogen-bond donors (Lipinski definition) is 2. The fourth-order valence-electron chi connectivity index (χ4n) is 0.394. The van der Waals surface area contributed by atoms with Gasteiger partial charge in [0.1, 0.15) is 0 Å². The minimum absolute atomic E-state index is 0.238.